The third kappa shape index (κ3) is 5.26. The van der Waals surface area contributed by atoms with Gasteiger partial charge in [0.2, 0.25) is 5.91 Å². The number of thiophene rings is 1. The Kier molecular flexibility index (Phi) is 6.43. The van der Waals surface area contributed by atoms with Gasteiger partial charge >= 0.3 is 0 Å². The van der Waals surface area contributed by atoms with E-state index in [1.54, 1.807) is 23.1 Å². The predicted octanol–water partition coefficient (Wildman–Crippen LogP) is 3.33. The summed E-state index contributed by atoms with van der Waals surface area (Å²) in [5.41, 5.74) is 0. The number of furan rings is 1. The SMILES string of the molecule is C=CCN(Cc1ccc(Cl)s1)C(=O)CCNC(=O)c1ccco1. The molecule has 7 heteroatoms. The topological polar surface area (TPSA) is 62.6 Å². The Balaban J connectivity index is 1.83. The summed E-state index contributed by atoms with van der Waals surface area (Å²) in [6.07, 6.45) is 3.31. The molecule has 2 heterocycles. The van der Waals surface area contributed by atoms with E-state index in [4.69, 9.17) is 16.0 Å². The number of hydrogen-bond acceptors (Lipinski definition) is 4. The maximum absolute atomic E-state index is 12.3. The lowest BCUT2D eigenvalue weighted by Crippen LogP contribution is -2.34. The average molecular weight is 353 g/mol. The molecule has 0 saturated heterocycles. The largest absolute Gasteiger partial charge is 0.459 e. The van der Waals surface area contributed by atoms with E-state index in [9.17, 15) is 9.59 Å². The molecule has 0 saturated carbocycles. The maximum atomic E-state index is 12.3. The molecule has 0 unspecified atom stereocenters. The highest BCUT2D eigenvalue weighted by molar-refractivity contribution is 7.16. The maximum Gasteiger partial charge on any atom is 0.286 e. The Hall–Kier alpha value is -2.05. The number of carbonyl (C=O) groups excluding carboxylic acids is 2. The minimum absolute atomic E-state index is 0.0610. The molecule has 0 aliphatic heterocycles. The lowest BCUT2D eigenvalue weighted by Gasteiger charge is -2.20. The lowest BCUT2D eigenvalue weighted by atomic mass is 10.3. The molecule has 2 amide bonds. The van der Waals surface area contributed by atoms with Gasteiger partial charge in [-0.1, -0.05) is 17.7 Å². The normalized spacial score (nSPS) is 10.3. The van der Waals surface area contributed by atoms with Gasteiger partial charge < -0.3 is 14.6 Å². The van der Waals surface area contributed by atoms with Crippen molar-refractivity contribution in [1.29, 1.82) is 0 Å². The second-order valence-corrected chi connectivity index (χ2v) is 6.55. The second-order valence-electron chi connectivity index (χ2n) is 4.75. The molecule has 2 rings (SSSR count). The van der Waals surface area contributed by atoms with Crippen molar-refractivity contribution >= 4 is 34.8 Å². The molecule has 1 N–H and O–H groups in total. The van der Waals surface area contributed by atoms with Crippen molar-refractivity contribution in [3.63, 3.8) is 0 Å². The van der Waals surface area contributed by atoms with Crippen LogP contribution in [0.15, 0.2) is 47.6 Å². The van der Waals surface area contributed by atoms with Crippen LogP contribution in [0.4, 0.5) is 0 Å². The van der Waals surface area contributed by atoms with Crippen LogP contribution in [0.1, 0.15) is 21.9 Å². The molecule has 5 nitrogen and oxygen atoms in total. The minimum atomic E-state index is -0.330. The third-order valence-electron chi connectivity index (χ3n) is 3.05. The van der Waals surface area contributed by atoms with Crippen LogP contribution < -0.4 is 5.32 Å². The fourth-order valence-corrected chi connectivity index (χ4v) is 3.07. The fourth-order valence-electron chi connectivity index (χ4n) is 1.97. The van der Waals surface area contributed by atoms with Crippen molar-refractivity contribution in [2.45, 2.75) is 13.0 Å². The highest BCUT2D eigenvalue weighted by Crippen LogP contribution is 2.22. The van der Waals surface area contributed by atoms with Gasteiger partial charge in [-0.05, 0) is 24.3 Å². The molecule has 0 fully saturated rings. The summed E-state index contributed by atoms with van der Waals surface area (Å²) in [6, 6.07) is 6.91. The molecule has 0 bridgehead atoms. The molecular formula is C16H17ClN2O3S. The van der Waals surface area contributed by atoms with Gasteiger partial charge in [0.1, 0.15) is 0 Å². The zero-order chi connectivity index (χ0) is 16.7. The first-order chi connectivity index (χ1) is 11.1. The van der Waals surface area contributed by atoms with Gasteiger partial charge in [-0.25, -0.2) is 0 Å². The summed E-state index contributed by atoms with van der Waals surface area (Å²) in [5.74, 6) is -0.161. The average Bonchev–Trinajstić information content (AvgIpc) is 3.18. The minimum Gasteiger partial charge on any atom is -0.459 e. The predicted molar refractivity (Wildman–Crippen MR) is 90.6 cm³/mol. The van der Waals surface area contributed by atoms with Gasteiger partial charge in [-0.15, -0.1) is 17.9 Å². The van der Waals surface area contributed by atoms with Crippen molar-refractivity contribution in [1.82, 2.24) is 10.2 Å². The van der Waals surface area contributed by atoms with Gasteiger partial charge in [-0.3, -0.25) is 9.59 Å². The molecule has 0 aromatic carbocycles. The fraction of sp³-hybridized carbons (Fsp3) is 0.250. The van der Waals surface area contributed by atoms with E-state index in [0.717, 1.165) is 4.88 Å². The zero-order valence-electron chi connectivity index (χ0n) is 12.5. The van der Waals surface area contributed by atoms with Crippen LogP contribution in [0.2, 0.25) is 4.34 Å². The Morgan fingerprint density at radius 2 is 2.22 bits per heavy atom. The number of rotatable bonds is 8. The van der Waals surface area contributed by atoms with Crippen molar-refractivity contribution in [2.24, 2.45) is 0 Å². The molecule has 2 aromatic heterocycles. The van der Waals surface area contributed by atoms with Crippen LogP contribution in [-0.4, -0.2) is 29.8 Å². The lowest BCUT2D eigenvalue weighted by molar-refractivity contribution is -0.131. The summed E-state index contributed by atoms with van der Waals surface area (Å²) in [4.78, 5) is 26.7. The van der Waals surface area contributed by atoms with Crippen LogP contribution in [0, 0.1) is 0 Å². The van der Waals surface area contributed by atoms with E-state index in [0.29, 0.717) is 17.4 Å². The van der Waals surface area contributed by atoms with Crippen LogP contribution in [0.3, 0.4) is 0 Å². The smallest absolute Gasteiger partial charge is 0.286 e. The molecule has 0 radical (unpaired) electrons. The second kappa shape index (κ2) is 8.55. The highest BCUT2D eigenvalue weighted by atomic mass is 35.5. The van der Waals surface area contributed by atoms with E-state index < -0.39 is 0 Å². The third-order valence-corrected chi connectivity index (χ3v) is 4.26. The first kappa shape index (κ1) is 17.3. The number of hydrogen-bond donors (Lipinski definition) is 1. The Bertz CT molecular complexity index is 667. The molecule has 122 valence electrons. The van der Waals surface area contributed by atoms with Crippen molar-refractivity contribution in [2.75, 3.05) is 13.1 Å². The monoisotopic (exact) mass is 352 g/mol. The van der Waals surface area contributed by atoms with Crippen LogP contribution in [0.5, 0.6) is 0 Å². The first-order valence-corrected chi connectivity index (χ1v) is 8.24. The standard InChI is InChI=1S/C16H17ClN2O3S/c1-2-9-19(11-12-5-6-14(17)23-12)15(20)7-8-18-16(21)13-4-3-10-22-13/h2-6,10H,1,7-9,11H2,(H,18,21). The van der Waals surface area contributed by atoms with Crippen molar-refractivity contribution in [3.05, 3.63) is 58.2 Å². The van der Waals surface area contributed by atoms with Crippen molar-refractivity contribution in [3.8, 4) is 0 Å². The number of halogens is 1. The Morgan fingerprint density at radius 3 is 2.83 bits per heavy atom. The van der Waals surface area contributed by atoms with Gasteiger partial charge in [0.05, 0.1) is 17.1 Å². The molecule has 0 aliphatic carbocycles. The Labute approximate surface area is 143 Å². The quantitative estimate of drug-likeness (QED) is 0.741. The molecular weight excluding hydrogens is 336 g/mol. The summed E-state index contributed by atoms with van der Waals surface area (Å²) in [6.45, 7) is 4.85. The van der Waals surface area contributed by atoms with Gasteiger partial charge in [-0.2, -0.15) is 0 Å². The molecule has 0 atom stereocenters. The number of carbonyl (C=O) groups is 2. The van der Waals surface area contributed by atoms with Gasteiger partial charge in [0.15, 0.2) is 5.76 Å². The van der Waals surface area contributed by atoms with E-state index in [1.165, 1.54) is 17.6 Å². The molecule has 0 spiro atoms. The summed E-state index contributed by atoms with van der Waals surface area (Å²) >= 11 is 7.35. The zero-order valence-corrected chi connectivity index (χ0v) is 14.0. The molecule has 23 heavy (non-hydrogen) atoms. The van der Waals surface area contributed by atoms with E-state index >= 15 is 0 Å². The molecule has 2 aromatic rings. The number of amides is 2. The van der Waals surface area contributed by atoms with Crippen LogP contribution in [0.25, 0.3) is 0 Å². The van der Waals surface area contributed by atoms with Crippen LogP contribution >= 0.6 is 22.9 Å². The summed E-state index contributed by atoms with van der Waals surface area (Å²) in [7, 11) is 0. The highest BCUT2D eigenvalue weighted by Gasteiger charge is 2.15. The van der Waals surface area contributed by atoms with Gasteiger partial charge in [0, 0.05) is 24.4 Å². The number of nitrogens with one attached hydrogen (secondary N) is 1. The van der Waals surface area contributed by atoms with Crippen LogP contribution in [-0.2, 0) is 11.3 Å². The van der Waals surface area contributed by atoms with E-state index in [-0.39, 0.29) is 30.5 Å². The molecule has 0 aliphatic rings. The van der Waals surface area contributed by atoms with Crippen molar-refractivity contribution < 1.29 is 14.0 Å². The van der Waals surface area contributed by atoms with Gasteiger partial charge in [0.25, 0.3) is 5.91 Å². The van der Waals surface area contributed by atoms with E-state index in [2.05, 4.69) is 11.9 Å². The number of nitrogens with zero attached hydrogens (tertiary/aromatic N) is 1. The van der Waals surface area contributed by atoms with E-state index in [1.807, 2.05) is 12.1 Å². The first-order valence-electron chi connectivity index (χ1n) is 7.04. The summed E-state index contributed by atoms with van der Waals surface area (Å²) < 4.78 is 5.68. The summed E-state index contributed by atoms with van der Waals surface area (Å²) in [5, 5.41) is 2.66. The Morgan fingerprint density at radius 1 is 1.39 bits per heavy atom.